The third kappa shape index (κ3) is 3.59. The maximum Gasteiger partial charge on any atom is 0.231 e. The van der Waals surface area contributed by atoms with Crippen molar-refractivity contribution < 1.29 is 9.59 Å². The zero-order valence-electron chi connectivity index (χ0n) is 12.5. The van der Waals surface area contributed by atoms with Crippen LogP contribution in [0.5, 0.6) is 0 Å². The van der Waals surface area contributed by atoms with Gasteiger partial charge in [-0.2, -0.15) is 0 Å². The second-order valence-electron chi connectivity index (χ2n) is 5.23. The number of hydrogen-bond acceptors (Lipinski definition) is 5. The van der Waals surface area contributed by atoms with Crippen LogP contribution < -0.4 is 10.2 Å². The van der Waals surface area contributed by atoms with Crippen molar-refractivity contribution in [1.82, 2.24) is 10.2 Å². The van der Waals surface area contributed by atoms with E-state index in [2.05, 4.69) is 31.4 Å². The van der Waals surface area contributed by atoms with Crippen LogP contribution in [-0.2, 0) is 16.0 Å². The maximum atomic E-state index is 12.3. The van der Waals surface area contributed by atoms with Gasteiger partial charge in [0, 0.05) is 23.1 Å². The lowest BCUT2D eigenvalue weighted by Gasteiger charge is -2.16. The second-order valence-corrected chi connectivity index (χ2v) is 7.21. The van der Waals surface area contributed by atoms with Gasteiger partial charge in [0.05, 0.1) is 5.92 Å². The molecule has 1 N–H and O–H groups in total. The fraction of sp³-hybridized carbons (Fsp3) is 0.333. The van der Waals surface area contributed by atoms with Crippen molar-refractivity contribution in [2.75, 3.05) is 16.8 Å². The van der Waals surface area contributed by atoms with E-state index in [9.17, 15) is 9.59 Å². The van der Waals surface area contributed by atoms with Crippen molar-refractivity contribution >= 4 is 49.9 Å². The van der Waals surface area contributed by atoms with Gasteiger partial charge in [0.2, 0.25) is 16.9 Å². The molecule has 0 spiro atoms. The first-order valence-electron chi connectivity index (χ1n) is 7.26. The van der Waals surface area contributed by atoms with Crippen molar-refractivity contribution in [2.24, 2.45) is 5.92 Å². The molecule has 1 aromatic carbocycles. The fourth-order valence-corrected chi connectivity index (χ4v) is 3.50. The van der Waals surface area contributed by atoms with Crippen LogP contribution >= 0.6 is 27.3 Å². The summed E-state index contributed by atoms with van der Waals surface area (Å²) in [5.74, 6) is -0.611. The third-order valence-electron chi connectivity index (χ3n) is 3.62. The van der Waals surface area contributed by atoms with E-state index >= 15 is 0 Å². The average molecular weight is 395 g/mol. The van der Waals surface area contributed by atoms with Crippen LogP contribution in [0.3, 0.4) is 0 Å². The van der Waals surface area contributed by atoms with E-state index in [0.717, 1.165) is 21.6 Å². The fourth-order valence-electron chi connectivity index (χ4n) is 2.43. The van der Waals surface area contributed by atoms with Gasteiger partial charge in [0.15, 0.2) is 0 Å². The molecule has 0 radical (unpaired) electrons. The minimum Gasteiger partial charge on any atom is -0.312 e. The van der Waals surface area contributed by atoms with Gasteiger partial charge in [0.1, 0.15) is 5.01 Å². The van der Waals surface area contributed by atoms with E-state index in [1.54, 1.807) is 4.90 Å². The Morgan fingerprint density at radius 3 is 3.00 bits per heavy atom. The molecular formula is C15H15BrN4O2S. The molecule has 2 aromatic rings. The van der Waals surface area contributed by atoms with Crippen LogP contribution in [0.1, 0.15) is 18.4 Å². The molecule has 8 heteroatoms. The Balaban J connectivity index is 1.68. The Morgan fingerprint density at radius 2 is 2.30 bits per heavy atom. The van der Waals surface area contributed by atoms with Gasteiger partial charge in [-0.25, -0.2) is 0 Å². The van der Waals surface area contributed by atoms with Gasteiger partial charge in [-0.3, -0.25) is 9.59 Å². The van der Waals surface area contributed by atoms with Crippen molar-refractivity contribution in [2.45, 2.75) is 19.8 Å². The van der Waals surface area contributed by atoms with Gasteiger partial charge in [-0.05, 0) is 24.6 Å². The van der Waals surface area contributed by atoms with Crippen molar-refractivity contribution in [1.29, 1.82) is 0 Å². The number of carbonyl (C=O) groups excluding carboxylic acids is 2. The highest BCUT2D eigenvalue weighted by Gasteiger charge is 2.35. The first kappa shape index (κ1) is 16.1. The van der Waals surface area contributed by atoms with Crippen LogP contribution in [0.15, 0.2) is 28.7 Å². The molecule has 2 heterocycles. The zero-order chi connectivity index (χ0) is 16.4. The monoisotopic (exact) mass is 394 g/mol. The Bertz CT molecular complexity index is 749. The van der Waals surface area contributed by atoms with E-state index < -0.39 is 0 Å². The summed E-state index contributed by atoms with van der Waals surface area (Å²) < 4.78 is 0.900. The Kier molecular flexibility index (Phi) is 4.72. The second kappa shape index (κ2) is 6.76. The number of nitrogens with one attached hydrogen (secondary N) is 1. The molecule has 1 aliphatic rings. The lowest BCUT2D eigenvalue weighted by atomic mass is 10.1. The molecule has 1 saturated heterocycles. The predicted molar refractivity (Wildman–Crippen MR) is 92.5 cm³/mol. The van der Waals surface area contributed by atoms with E-state index in [-0.39, 0.29) is 24.2 Å². The summed E-state index contributed by atoms with van der Waals surface area (Å²) in [4.78, 5) is 26.2. The summed E-state index contributed by atoms with van der Waals surface area (Å²) >= 11 is 4.76. The quantitative estimate of drug-likeness (QED) is 0.864. The van der Waals surface area contributed by atoms with E-state index in [4.69, 9.17) is 0 Å². The molecule has 0 saturated carbocycles. The van der Waals surface area contributed by atoms with Crippen molar-refractivity contribution in [3.63, 3.8) is 0 Å². The SMILES string of the molecule is CCc1nnc(NC(=O)[C@@H]2CC(=O)N(c3cccc(Br)c3)C2)s1. The summed E-state index contributed by atoms with van der Waals surface area (Å²) in [6.07, 6.45) is 0.990. The van der Waals surface area contributed by atoms with Crippen molar-refractivity contribution in [3.8, 4) is 0 Å². The number of amides is 2. The number of rotatable bonds is 4. The van der Waals surface area contributed by atoms with Gasteiger partial charge in [0.25, 0.3) is 0 Å². The molecule has 1 aromatic heterocycles. The molecule has 2 amide bonds. The Hall–Kier alpha value is -1.80. The number of aryl methyl sites for hydroxylation is 1. The molecule has 1 fully saturated rings. The first-order chi connectivity index (χ1) is 11.1. The smallest absolute Gasteiger partial charge is 0.231 e. The van der Waals surface area contributed by atoms with E-state index in [1.807, 2.05) is 31.2 Å². The van der Waals surface area contributed by atoms with E-state index in [0.29, 0.717) is 11.7 Å². The molecule has 0 unspecified atom stereocenters. The van der Waals surface area contributed by atoms with Crippen LogP contribution in [0.25, 0.3) is 0 Å². The van der Waals surface area contributed by atoms with Crippen LogP contribution in [0, 0.1) is 5.92 Å². The number of benzene rings is 1. The lowest BCUT2D eigenvalue weighted by Crippen LogP contribution is -2.28. The number of halogens is 1. The molecular weight excluding hydrogens is 380 g/mol. The molecule has 6 nitrogen and oxygen atoms in total. The molecule has 23 heavy (non-hydrogen) atoms. The Labute approximate surface area is 146 Å². The van der Waals surface area contributed by atoms with Crippen LogP contribution in [-0.4, -0.2) is 28.6 Å². The summed E-state index contributed by atoms with van der Waals surface area (Å²) in [6.45, 7) is 2.36. The number of carbonyl (C=O) groups is 2. The molecule has 0 bridgehead atoms. The highest BCUT2D eigenvalue weighted by atomic mass is 79.9. The normalized spacial score (nSPS) is 17.6. The van der Waals surface area contributed by atoms with E-state index in [1.165, 1.54) is 11.3 Å². The lowest BCUT2D eigenvalue weighted by molar-refractivity contribution is -0.122. The third-order valence-corrected chi connectivity index (χ3v) is 5.09. The minimum absolute atomic E-state index is 0.0465. The topological polar surface area (TPSA) is 75.2 Å². The molecule has 3 rings (SSSR count). The molecule has 1 aliphatic heterocycles. The summed E-state index contributed by atoms with van der Waals surface area (Å²) in [6, 6.07) is 7.50. The highest BCUT2D eigenvalue weighted by molar-refractivity contribution is 9.10. The minimum atomic E-state index is -0.379. The number of anilines is 2. The summed E-state index contributed by atoms with van der Waals surface area (Å²) in [5.41, 5.74) is 0.795. The number of nitrogens with zero attached hydrogens (tertiary/aromatic N) is 3. The zero-order valence-corrected chi connectivity index (χ0v) is 14.9. The highest BCUT2D eigenvalue weighted by Crippen LogP contribution is 2.28. The molecule has 120 valence electrons. The number of hydrogen-bond donors (Lipinski definition) is 1. The van der Waals surface area contributed by atoms with Crippen LogP contribution in [0.2, 0.25) is 0 Å². The molecule has 0 aliphatic carbocycles. The van der Waals surface area contributed by atoms with Gasteiger partial charge >= 0.3 is 0 Å². The maximum absolute atomic E-state index is 12.3. The van der Waals surface area contributed by atoms with Gasteiger partial charge in [-0.1, -0.05) is 40.3 Å². The van der Waals surface area contributed by atoms with Crippen molar-refractivity contribution in [3.05, 3.63) is 33.7 Å². The standard InChI is InChI=1S/C15H15BrN4O2S/c1-2-12-18-19-15(23-12)17-14(22)9-6-13(21)20(8-9)11-5-3-4-10(16)7-11/h3-5,7,9H,2,6,8H2,1H3,(H,17,19,22)/t9-/m1/s1. The Morgan fingerprint density at radius 1 is 1.48 bits per heavy atom. The van der Waals surface area contributed by atoms with Gasteiger partial charge in [-0.15, -0.1) is 10.2 Å². The largest absolute Gasteiger partial charge is 0.312 e. The summed E-state index contributed by atoms with van der Waals surface area (Å²) in [5, 5.41) is 12.0. The first-order valence-corrected chi connectivity index (χ1v) is 8.87. The molecule has 1 atom stereocenters. The summed E-state index contributed by atoms with van der Waals surface area (Å²) in [7, 11) is 0. The van der Waals surface area contributed by atoms with Crippen LogP contribution in [0.4, 0.5) is 10.8 Å². The predicted octanol–water partition coefficient (Wildman–Crippen LogP) is 2.85. The average Bonchev–Trinajstić information content (AvgIpc) is 3.13. The number of aromatic nitrogens is 2. The van der Waals surface area contributed by atoms with Gasteiger partial charge < -0.3 is 10.2 Å².